The predicted molar refractivity (Wildman–Crippen MR) is 70.6 cm³/mol. The average Bonchev–Trinajstić information content (AvgIpc) is 2.69. The molecule has 5 nitrogen and oxygen atoms in total. The summed E-state index contributed by atoms with van der Waals surface area (Å²) in [5.41, 5.74) is 0.429. The quantitative estimate of drug-likeness (QED) is 0.893. The average molecular weight is 265 g/mol. The Kier molecular flexibility index (Phi) is 3.55. The Balaban J connectivity index is 2.04. The summed E-state index contributed by atoms with van der Waals surface area (Å²) in [6.45, 7) is 5.89. The number of nitrogens with one attached hydrogen (secondary N) is 1. The molecule has 104 valence electrons. The molecule has 5 heteroatoms. The number of methoxy groups -OCH3 is 1. The zero-order chi connectivity index (χ0) is 14.0. The van der Waals surface area contributed by atoms with Gasteiger partial charge in [-0.15, -0.1) is 0 Å². The summed E-state index contributed by atoms with van der Waals surface area (Å²) in [6, 6.07) is 5.36. The smallest absolute Gasteiger partial charge is 0.408 e. The largest absolute Gasteiger partial charge is 0.497 e. The molecule has 0 saturated heterocycles. The summed E-state index contributed by atoms with van der Waals surface area (Å²) in [7, 11) is 1.60. The predicted octanol–water partition coefficient (Wildman–Crippen LogP) is 2.65. The van der Waals surface area contributed by atoms with Crippen LogP contribution >= 0.6 is 0 Å². The molecule has 0 saturated carbocycles. The molecule has 1 aromatic rings. The van der Waals surface area contributed by atoms with Gasteiger partial charge in [-0.25, -0.2) is 4.79 Å². The second-order valence-corrected chi connectivity index (χ2v) is 5.41. The molecule has 0 aliphatic carbocycles. The fraction of sp³-hybridized carbons (Fsp3) is 0.500. The summed E-state index contributed by atoms with van der Waals surface area (Å²) in [5.74, 6) is 1.47. The number of carbonyl (C=O) groups is 1. The van der Waals surface area contributed by atoms with Gasteiger partial charge in [-0.1, -0.05) is 0 Å². The third-order valence-corrected chi connectivity index (χ3v) is 2.69. The molecular weight excluding hydrogens is 246 g/mol. The normalized spacial score (nSPS) is 17.4. The summed E-state index contributed by atoms with van der Waals surface area (Å²) < 4.78 is 15.9. The van der Waals surface area contributed by atoms with E-state index in [0.29, 0.717) is 6.61 Å². The number of fused-ring (bicyclic) bond motifs is 1. The molecule has 1 aliphatic heterocycles. The zero-order valence-electron chi connectivity index (χ0n) is 11.6. The van der Waals surface area contributed by atoms with Gasteiger partial charge in [-0.05, 0) is 32.9 Å². The monoisotopic (exact) mass is 265 g/mol. The number of ether oxygens (including phenoxy) is 3. The molecule has 0 bridgehead atoms. The van der Waals surface area contributed by atoms with Crippen molar-refractivity contribution in [2.75, 3.05) is 13.7 Å². The molecule has 0 spiro atoms. The van der Waals surface area contributed by atoms with Crippen molar-refractivity contribution in [3.63, 3.8) is 0 Å². The van der Waals surface area contributed by atoms with Crippen LogP contribution < -0.4 is 14.8 Å². The summed E-state index contributed by atoms with van der Waals surface area (Å²) in [5, 5.41) is 2.80. The van der Waals surface area contributed by atoms with Crippen LogP contribution in [0.2, 0.25) is 0 Å². The molecule has 1 aliphatic rings. The minimum Gasteiger partial charge on any atom is -0.497 e. The number of hydrogen-bond acceptors (Lipinski definition) is 4. The topological polar surface area (TPSA) is 56.8 Å². The minimum absolute atomic E-state index is 0.184. The van der Waals surface area contributed by atoms with E-state index in [2.05, 4.69) is 5.32 Å². The molecular formula is C14H19NO4. The zero-order valence-corrected chi connectivity index (χ0v) is 11.6. The van der Waals surface area contributed by atoms with Crippen molar-refractivity contribution in [2.45, 2.75) is 32.4 Å². The van der Waals surface area contributed by atoms with Gasteiger partial charge in [0.05, 0.1) is 13.2 Å². The van der Waals surface area contributed by atoms with Crippen molar-refractivity contribution in [3.8, 4) is 11.5 Å². The second-order valence-electron chi connectivity index (χ2n) is 5.41. The van der Waals surface area contributed by atoms with E-state index in [0.717, 1.165) is 17.1 Å². The van der Waals surface area contributed by atoms with Crippen LogP contribution in [0, 0.1) is 0 Å². The first-order valence-electron chi connectivity index (χ1n) is 6.19. The van der Waals surface area contributed by atoms with Gasteiger partial charge in [0.15, 0.2) is 0 Å². The molecule has 1 aromatic carbocycles. The maximum atomic E-state index is 11.7. The number of carbonyl (C=O) groups excluding carboxylic acids is 1. The number of amides is 1. The summed E-state index contributed by atoms with van der Waals surface area (Å²) in [6.07, 6.45) is -0.440. The molecule has 1 N–H and O–H groups in total. The number of rotatable bonds is 2. The minimum atomic E-state index is -0.508. The lowest BCUT2D eigenvalue weighted by atomic mass is 10.1. The number of alkyl carbamates (subject to hydrolysis) is 1. The highest BCUT2D eigenvalue weighted by Gasteiger charge is 2.27. The third kappa shape index (κ3) is 3.30. The van der Waals surface area contributed by atoms with Crippen LogP contribution in [0.5, 0.6) is 11.5 Å². The molecule has 0 radical (unpaired) electrons. The fourth-order valence-corrected chi connectivity index (χ4v) is 1.89. The van der Waals surface area contributed by atoms with Gasteiger partial charge in [-0.2, -0.15) is 0 Å². The molecule has 1 amide bonds. The van der Waals surface area contributed by atoms with E-state index in [4.69, 9.17) is 14.2 Å². The Morgan fingerprint density at radius 3 is 2.79 bits per heavy atom. The van der Waals surface area contributed by atoms with Crippen molar-refractivity contribution >= 4 is 6.09 Å². The summed E-state index contributed by atoms with van der Waals surface area (Å²) >= 11 is 0. The third-order valence-electron chi connectivity index (χ3n) is 2.69. The molecule has 0 fully saturated rings. The highest BCUT2D eigenvalue weighted by Crippen LogP contribution is 2.35. The van der Waals surface area contributed by atoms with E-state index in [-0.39, 0.29) is 6.04 Å². The van der Waals surface area contributed by atoms with Crippen LogP contribution in [-0.2, 0) is 4.74 Å². The van der Waals surface area contributed by atoms with Crippen LogP contribution in [0.4, 0.5) is 4.79 Å². The Labute approximate surface area is 112 Å². The van der Waals surface area contributed by atoms with Crippen molar-refractivity contribution < 1.29 is 19.0 Å². The van der Waals surface area contributed by atoms with E-state index < -0.39 is 11.7 Å². The van der Waals surface area contributed by atoms with Crippen LogP contribution in [0.15, 0.2) is 18.2 Å². The van der Waals surface area contributed by atoms with Crippen LogP contribution in [0.25, 0.3) is 0 Å². The first-order valence-corrected chi connectivity index (χ1v) is 6.19. The lowest BCUT2D eigenvalue weighted by Crippen LogP contribution is -2.35. The van der Waals surface area contributed by atoms with Gasteiger partial charge >= 0.3 is 6.09 Å². The lowest BCUT2D eigenvalue weighted by molar-refractivity contribution is 0.0497. The second kappa shape index (κ2) is 4.99. The molecule has 19 heavy (non-hydrogen) atoms. The SMILES string of the molecule is COc1ccc2c(c1)OCC2NC(=O)OC(C)(C)C. The first kappa shape index (κ1) is 13.5. The van der Waals surface area contributed by atoms with E-state index in [9.17, 15) is 4.79 Å². The Hall–Kier alpha value is -1.91. The lowest BCUT2D eigenvalue weighted by Gasteiger charge is -2.21. The fourth-order valence-electron chi connectivity index (χ4n) is 1.89. The van der Waals surface area contributed by atoms with Gasteiger partial charge in [-0.3, -0.25) is 0 Å². The standard InChI is InChI=1S/C14H19NO4/c1-14(2,3)19-13(16)15-11-8-18-12-7-9(17-4)5-6-10(11)12/h5-7,11H,8H2,1-4H3,(H,15,16). The van der Waals surface area contributed by atoms with Crippen LogP contribution in [-0.4, -0.2) is 25.4 Å². The first-order chi connectivity index (χ1) is 8.89. The molecule has 2 rings (SSSR count). The Morgan fingerprint density at radius 2 is 2.16 bits per heavy atom. The number of hydrogen-bond donors (Lipinski definition) is 1. The maximum absolute atomic E-state index is 11.7. The number of benzene rings is 1. The van der Waals surface area contributed by atoms with Gasteiger partial charge in [0.1, 0.15) is 23.7 Å². The molecule has 1 heterocycles. The van der Waals surface area contributed by atoms with E-state index in [1.165, 1.54) is 0 Å². The molecule has 1 atom stereocenters. The Morgan fingerprint density at radius 1 is 1.42 bits per heavy atom. The van der Waals surface area contributed by atoms with Gasteiger partial charge in [0.2, 0.25) is 0 Å². The van der Waals surface area contributed by atoms with Crippen molar-refractivity contribution in [3.05, 3.63) is 23.8 Å². The van der Waals surface area contributed by atoms with Crippen molar-refractivity contribution in [1.29, 1.82) is 0 Å². The van der Waals surface area contributed by atoms with Gasteiger partial charge < -0.3 is 19.5 Å². The highest BCUT2D eigenvalue weighted by atomic mass is 16.6. The van der Waals surface area contributed by atoms with Crippen molar-refractivity contribution in [2.24, 2.45) is 0 Å². The van der Waals surface area contributed by atoms with Crippen LogP contribution in [0.3, 0.4) is 0 Å². The van der Waals surface area contributed by atoms with Crippen LogP contribution in [0.1, 0.15) is 32.4 Å². The van der Waals surface area contributed by atoms with Crippen molar-refractivity contribution in [1.82, 2.24) is 5.32 Å². The maximum Gasteiger partial charge on any atom is 0.408 e. The van der Waals surface area contributed by atoms with Gasteiger partial charge in [0, 0.05) is 11.6 Å². The molecule has 0 aromatic heterocycles. The highest BCUT2D eigenvalue weighted by molar-refractivity contribution is 5.69. The Bertz CT molecular complexity index is 479. The van der Waals surface area contributed by atoms with Gasteiger partial charge in [0.25, 0.3) is 0 Å². The van der Waals surface area contributed by atoms with E-state index >= 15 is 0 Å². The molecule has 1 unspecified atom stereocenters. The van der Waals surface area contributed by atoms with E-state index in [1.807, 2.05) is 39.0 Å². The summed E-state index contributed by atoms with van der Waals surface area (Å²) in [4.78, 5) is 11.7. The van der Waals surface area contributed by atoms with E-state index in [1.54, 1.807) is 7.11 Å².